The Morgan fingerprint density at radius 3 is 2.78 bits per heavy atom. The van der Waals surface area contributed by atoms with Crippen LogP contribution >= 0.6 is 11.6 Å². The van der Waals surface area contributed by atoms with Crippen molar-refractivity contribution < 1.29 is 9.50 Å². The summed E-state index contributed by atoms with van der Waals surface area (Å²) in [7, 11) is 0. The predicted octanol–water partition coefficient (Wildman–Crippen LogP) is 2.58. The molecule has 0 saturated carbocycles. The highest BCUT2D eigenvalue weighted by Gasteiger charge is 2.15. The van der Waals surface area contributed by atoms with Gasteiger partial charge in [-0.2, -0.15) is 4.98 Å². The van der Waals surface area contributed by atoms with Crippen LogP contribution < -0.4 is 5.56 Å². The van der Waals surface area contributed by atoms with E-state index in [1.165, 1.54) is 18.2 Å². The van der Waals surface area contributed by atoms with E-state index >= 15 is 0 Å². The molecule has 0 aliphatic rings. The zero-order chi connectivity index (χ0) is 13.3. The van der Waals surface area contributed by atoms with Crippen LogP contribution in [0.4, 0.5) is 4.39 Å². The summed E-state index contributed by atoms with van der Waals surface area (Å²) in [5.74, 6) is -0.799. The lowest BCUT2D eigenvalue weighted by Gasteiger charge is -2.07. The Morgan fingerprint density at radius 1 is 1.50 bits per heavy atom. The van der Waals surface area contributed by atoms with Crippen molar-refractivity contribution in [3.63, 3.8) is 0 Å². The van der Waals surface area contributed by atoms with Gasteiger partial charge in [-0.05, 0) is 24.6 Å². The first-order chi connectivity index (χ1) is 8.49. The van der Waals surface area contributed by atoms with Gasteiger partial charge in [-0.25, -0.2) is 4.39 Å². The van der Waals surface area contributed by atoms with E-state index in [0.717, 1.165) is 6.07 Å². The third kappa shape index (κ3) is 2.36. The van der Waals surface area contributed by atoms with Crippen molar-refractivity contribution in [3.8, 4) is 17.0 Å². The van der Waals surface area contributed by atoms with Gasteiger partial charge in [-0.3, -0.25) is 4.79 Å². The number of hydrogen-bond acceptors (Lipinski definition) is 3. The summed E-state index contributed by atoms with van der Waals surface area (Å²) in [4.78, 5) is 18.1. The van der Waals surface area contributed by atoms with Gasteiger partial charge in [0.05, 0.1) is 5.38 Å². The molecule has 2 aromatic rings. The number of hydrogen-bond donors (Lipinski definition) is 2. The van der Waals surface area contributed by atoms with Gasteiger partial charge in [0.1, 0.15) is 17.2 Å². The highest BCUT2D eigenvalue weighted by atomic mass is 35.5. The van der Waals surface area contributed by atoms with Gasteiger partial charge >= 0.3 is 0 Å². The van der Waals surface area contributed by atoms with Gasteiger partial charge in [0, 0.05) is 0 Å². The predicted molar refractivity (Wildman–Crippen MR) is 66.2 cm³/mol. The summed E-state index contributed by atoms with van der Waals surface area (Å²) in [6.45, 7) is 1.61. The Morgan fingerprint density at radius 2 is 2.22 bits per heavy atom. The van der Waals surface area contributed by atoms with Crippen LogP contribution in [0, 0.1) is 5.82 Å². The number of aromatic amines is 1. The third-order valence-electron chi connectivity index (χ3n) is 2.41. The molecule has 4 nitrogen and oxygen atoms in total. The maximum absolute atomic E-state index is 13.1. The van der Waals surface area contributed by atoms with Gasteiger partial charge in [-0.1, -0.05) is 12.1 Å². The van der Waals surface area contributed by atoms with E-state index in [2.05, 4.69) is 9.97 Å². The molecule has 2 rings (SSSR count). The summed E-state index contributed by atoms with van der Waals surface area (Å²) >= 11 is 5.77. The lowest BCUT2D eigenvalue weighted by Crippen LogP contribution is -2.14. The van der Waals surface area contributed by atoms with Crippen LogP contribution in [0.3, 0.4) is 0 Å². The second-order valence-corrected chi connectivity index (χ2v) is 4.43. The van der Waals surface area contributed by atoms with E-state index in [-0.39, 0.29) is 17.0 Å². The molecule has 2 N–H and O–H groups in total. The molecule has 0 aliphatic heterocycles. The van der Waals surface area contributed by atoms with Crippen LogP contribution in [0.5, 0.6) is 5.88 Å². The van der Waals surface area contributed by atoms with Crippen LogP contribution in [0.1, 0.15) is 18.1 Å². The number of aromatic hydroxyl groups is 1. The van der Waals surface area contributed by atoms with Gasteiger partial charge in [0.15, 0.2) is 0 Å². The van der Waals surface area contributed by atoms with E-state index in [1.54, 1.807) is 6.92 Å². The van der Waals surface area contributed by atoms with Crippen LogP contribution in [-0.4, -0.2) is 15.1 Å². The zero-order valence-corrected chi connectivity index (χ0v) is 10.2. The molecule has 6 heteroatoms. The number of H-pyrrole nitrogens is 1. The molecule has 18 heavy (non-hydrogen) atoms. The molecule has 0 saturated heterocycles. The SMILES string of the molecule is CC(Cl)c1nc(O)c(-c2cccc(F)c2)c(=O)[nH]1. The van der Waals surface area contributed by atoms with Crippen LogP contribution in [0.15, 0.2) is 29.1 Å². The highest BCUT2D eigenvalue weighted by molar-refractivity contribution is 6.20. The molecule has 1 aromatic heterocycles. The lowest BCUT2D eigenvalue weighted by atomic mass is 10.1. The van der Waals surface area contributed by atoms with E-state index in [1.807, 2.05) is 0 Å². The lowest BCUT2D eigenvalue weighted by molar-refractivity contribution is 0.450. The standard InChI is InChI=1S/C12H10ClFN2O2/c1-6(13)10-15-11(17)9(12(18)16-10)7-3-2-4-8(14)5-7/h2-6H,1H3,(H2,15,16,17,18). The number of rotatable bonds is 2. The number of alkyl halides is 1. The minimum atomic E-state index is -0.560. The first-order valence-electron chi connectivity index (χ1n) is 5.22. The average molecular weight is 269 g/mol. The maximum atomic E-state index is 13.1. The Bertz CT molecular complexity index is 640. The molecule has 94 valence electrons. The van der Waals surface area contributed by atoms with Crippen molar-refractivity contribution >= 4 is 11.6 Å². The summed E-state index contributed by atoms with van der Waals surface area (Å²) in [5, 5.41) is 9.22. The topological polar surface area (TPSA) is 66.0 Å². The molecule has 0 spiro atoms. The molecule has 1 unspecified atom stereocenters. The molecule has 1 atom stereocenters. The summed E-state index contributed by atoms with van der Waals surface area (Å²) < 4.78 is 13.1. The molecular weight excluding hydrogens is 259 g/mol. The van der Waals surface area contributed by atoms with Crippen molar-refractivity contribution in [1.29, 1.82) is 0 Å². The van der Waals surface area contributed by atoms with Gasteiger partial charge < -0.3 is 10.1 Å². The Balaban J connectivity index is 2.63. The minimum absolute atomic E-state index is 0.0735. The van der Waals surface area contributed by atoms with Gasteiger partial charge in [0.2, 0.25) is 5.88 Å². The van der Waals surface area contributed by atoms with E-state index in [0.29, 0.717) is 0 Å². The maximum Gasteiger partial charge on any atom is 0.262 e. The molecule has 0 bridgehead atoms. The fourth-order valence-electron chi connectivity index (χ4n) is 1.57. The number of aromatic nitrogens is 2. The largest absolute Gasteiger partial charge is 0.493 e. The molecule has 1 heterocycles. The Labute approximate surface area is 107 Å². The zero-order valence-electron chi connectivity index (χ0n) is 9.45. The average Bonchev–Trinajstić information content (AvgIpc) is 2.27. The van der Waals surface area contributed by atoms with Crippen LogP contribution in [-0.2, 0) is 0 Å². The van der Waals surface area contributed by atoms with Crippen molar-refractivity contribution in [2.24, 2.45) is 0 Å². The van der Waals surface area contributed by atoms with Gasteiger partial charge in [0.25, 0.3) is 5.56 Å². The first kappa shape index (κ1) is 12.6. The summed E-state index contributed by atoms with van der Waals surface area (Å²) in [6, 6.07) is 5.35. The van der Waals surface area contributed by atoms with Crippen LogP contribution in [0.2, 0.25) is 0 Å². The highest BCUT2D eigenvalue weighted by Crippen LogP contribution is 2.25. The Kier molecular flexibility index (Phi) is 3.34. The van der Waals surface area contributed by atoms with Crippen molar-refractivity contribution in [3.05, 3.63) is 46.3 Å². The quantitative estimate of drug-likeness (QED) is 0.823. The molecule has 0 amide bonds. The second kappa shape index (κ2) is 4.78. The Hall–Kier alpha value is -1.88. The monoisotopic (exact) mass is 268 g/mol. The fourth-order valence-corrected chi connectivity index (χ4v) is 1.67. The fraction of sp³-hybridized carbons (Fsp3) is 0.167. The molecule has 0 radical (unpaired) electrons. The summed E-state index contributed by atoms with van der Waals surface area (Å²) in [6.07, 6.45) is 0. The first-order valence-corrected chi connectivity index (χ1v) is 5.66. The van der Waals surface area contributed by atoms with E-state index < -0.39 is 22.6 Å². The second-order valence-electron chi connectivity index (χ2n) is 3.78. The van der Waals surface area contributed by atoms with E-state index in [4.69, 9.17) is 11.6 Å². The van der Waals surface area contributed by atoms with Gasteiger partial charge in [-0.15, -0.1) is 11.6 Å². The number of nitrogens with zero attached hydrogens (tertiary/aromatic N) is 1. The van der Waals surface area contributed by atoms with Crippen molar-refractivity contribution in [2.75, 3.05) is 0 Å². The van der Waals surface area contributed by atoms with Crippen molar-refractivity contribution in [2.45, 2.75) is 12.3 Å². The normalized spacial score (nSPS) is 12.4. The number of benzene rings is 1. The number of nitrogens with one attached hydrogen (secondary N) is 1. The third-order valence-corrected chi connectivity index (χ3v) is 2.62. The molecule has 1 aromatic carbocycles. The summed E-state index contributed by atoms with van der Waals surface area (Å²) in [5.41, 5.74) is -0.374. The smallest absolute Gasteiger partial charge is 0.262 e. The molecule has 0 aliphatic carbocycles. The van der Waals surface area contributed by atoms with Crippen LogP contribution in [0.25, 0.3) is 11.1 Å². The van der Waals surface area contributed by atoms with E-state index in [9.17, 15) is 14.3 Å². The number of halogens is 2. The molecule has 0 fully saturated rings. The molecular formula is C12H10ClFN2O2. The minimum Gasteiger partial charge on any atom is -0.493 e. The van der Waals surface area contributed by atoms with Crippen molar-refractivity contribution in [1.82, 2.24) is 9.97 Å².